The van der Waals surface area contributed by atoms with Crippen LogP contribution in [0.1, 0.15) is 18.4 Å². The minimum atomic E-state index is -0.150. The van der Waals surface area contributed by atoms with E-state index < -0.39 is 0 Å². The third-order valence-corrected chi connectivity index (χ3v) is 5.68. The van der Waals surface area contributed by atoms with Crippen molar-refractivity contribution in [2.45, 2.75) is 25.4 Å². The van der Waals surface area contributed by atoms with E-state index in [1.165, 1.54) is 0 Å². The maximum absolute atomic E-state index is 13.0. The predicted octanol–water partition coefficient (Wildman–Crippen LogP) is 4.08. The first-order valence-electron chi connectivity index (χ1n) is 10.2. The molecule has 0 aliphatic carbocycles. The molecule has 2 aromatic carbocycles. The van der Waals surface area contributed by atoms with Crippen molar-refractivity contribution in [1.29, 1.82) is 0 Å². The number of pyridine rings is 1. The van der Waals surface area contributed by atoms with E-state index in [0.717, 1.165) is 53.3 Å². The predicted molar refractivity (Wildman–Crippen MR) is 114 cm³/mol. The summed E-state index contributed by atoms with van der Waals surface area (Å²) in [5.74, 6) is 1.62. The molecule has 1 aromatic heterocycles. The summed E-state index contributed by atoms with van der Waals surface area (Å²) in [6.07, 6.45) is 5.41. The summed E-state index contributed by atoms with van der Waals surface area (Å²) in [5.41, 5.74) is 4.07. The van der Waals surface area contributed by atoms with Crippen LogP contribution >= 0.6 is 0 Å². The molecule has 6 nitrogen and oxygen atoms in total. The zero-order valence-electron chi connectivity index (χ0n) is 16.6. The minimum Gasteiger partial charge on any atom is -0.454 e. The van der Waals surface area contributed by atoms with E-state index in [1.807, 2.05) is 54.6 Å². The van der Waals surface area contributed by atoms with Crippen molar-refractivity contribution in [3.8, 4) is 22.6 Å². The molecule has 0 bridgehead atoms. The summed E-state index contributed by atoms with van der Waals surface area (Å²) in [4.78, 5) is 19.3. The Morgan fingerprint density at radius 2 is 1.83 bits per heavy atom. The third kappa shape index (κ3) is 3.74. The van der Waals surface area contributed by atoms with Gasteiger partial charge in [-0.05, 0) is 60.8 Å². The molecule has 2 aliphatic rings. The van der Waals surface area contributed by atoms with Crippen LogP contribution in [0.2, 0.25) is 0 Å². The van der Waals surface area contributed by atoms with Crippen molar-refractivity contribution < 1.29 is 14.3 Å². The van der Waals surface area contributed by atoms with Gasteiger partial charge in [0.1, 0.15) is 0 Å². The topological polar surface area (TPSA) is 63.7 Å². The van der Waals surface area contributed by atoms with Crippen LogP contribution in [-0.4, -0.2) is 35.2 Å². The van der Waals surface area contributed by atoms with Crippen LogP contribution in [0.15, 0.2) is 67.0 Å². The minimum absolute atomic E-state index is 0.0360. The van der Waals surface area contributed by atoms with Crippen LogP contribution in [0.25, 0.3) is 11.1 Å². The molecular formula is C24H23N3O3. The first kappa shape index (κ1) is 18.6. The average molecular weight is 401 g/mol. The number of rotatable bonds is 5. The fraction of sp³-hybridized carbons (Fsp3) is 0.250. The summed E-state index contributed by atoms with van der Waals surface area (Å²) < 4.78 is 11.1. The number of amides is 1. The number of fused-ring (bicyclic) bond motifs is 1. The van der Waals surface area contributed by atoms with E-state index in [-0.39, 0.29) is 18.7 Å². The fourth-order valence-corrected chi connectivity index (χ4v) is 4.16. The van der Waals surface area contributed by atoms with Gasteiger partial charge in [-0.2, -0.15) is 0 Å². The van der Waals surface area contributed by atoms with Crippen molar-refractivity contribution >= 4 is 11.6 Å². The van der Waals surface area contributed by atoms with Crippen LogP contribution in [-0.2, 0) is 11.3 Å². The highest BCUT2D eigenvalue weighted by Gasteiger charge is 2.32. The largest absolute Gasteiger partial charge is 0.454 e. The number of carbonyl (C=O) groups is 1. The van der Waals surface area contributed by atoms with Gasteiger partial charge < -0.3 is 14.8 Å². The number of benzene rings is 2. The smallest absolute Gasteiger partial charge is 0.241 e. The van der Waals surface area contributed by atoms with Crippen molar-refractivity contribution in [1.82, 2.24) is 9.88 Å². The van der Waals surface area contributed by atoms with E-state index in [0.29, 0.717) is 6.54 Å². The molecule has 0 saturated carbocycles. The zero-order valence-corrected chi connectivity index (χ0v) is 16.6. The van der Waals surface area contributed by atoms with E-state index in [2.05, 4.69) is 15.2 Å². The van der Waals surface area contributed by atoms with Crippen molar-refractivity contribution in [3.63, 3.8) is 0 Å². The van der Waals surface area contributed by atoms with Crippen LogP contribution in [0.3, 0.4) is 0 Å². The van der Waals surface area contributed by atoms with Gasteiger partial charge in [0.15, 0.2) is 11.5 Å². The monoisotopic (exact) mass is 401 g/mol. The summed E-state index contributed by atoms with van der Waals surface area (Å²) in [7, 11) is 0. The molecule has 30 heavy (non-hydrogen) atoms. The first-order chi connectivity index (χ1) is 14.8. The van der Waals surface area contributed by atoms with Gasteiger partial charge in [0, 0.05) is 30.2 Å². The lowest BCUT2D eigenvalue weighted by Gasteiger charge is -2.24. The van der Waals surface area contributed by atoms with E-state index >= 15 is 0 Å². The second-order valence-electron chi connectivity index (χ2n) is 7.58. The highest BCUT2D eigenvalue weighted by atomic mass is 16.7. The van der Waals surface area contributed by atoms with E-state index in [4.69, 9.17) is 9.47 Å². The molecule has 0 radical (unpaired) electrons. The highest BCUT2D eigenvalue weighted by molar-refractivity contribution is 5.95. The summed E-state index contributed by atoms with van der Waals surface area (Å²) >= 11 is 0. The lowest BCUT2D eigenvalue weighted by Crippen LogP contribution is -2.39. The molecule has 6 heteroatoms. The molecule has 0 unspecified atom stereocenters. The Hall–Kier alpha value is -3.38. The number of nitrogens with one attached hydrogen (secondary N) is 1. The summed E-state index contributed by atoms with van der Waals surface area (Å²) in [6, 6.07) is 17.6. The van der Waals surface area contributed by atoms with Gasteiger partial charge in [0.05, 0.1) is 6.04 Å². The van der Waals surface area contributed by atoms with Crippen LogP contribution < -0.4 is 14.8 Å². The maximum Gasteiger partial charge on any atom is 0.241 e. The molecule has 1 saturated heterocycles. The van der Waals surface area contributed by atoms with E-state index in [9.17, 15) is 4.79 Å². The molecule has 1 N–H and O–H groups in total. The Morgan fingerprint density at radius 1 is 1.03 bits per heavy atom. The second kappa shape index (κ2) is 8.16. The molecule has 1 fully saturated rings. The molecule has 5 rings (SSSR count). The zero-order chi connectivity index (χ0) is 20.3. The highest BCUT2D eigenvalue weighted by Crippen LogP contribution is 2.37. The number of para-hydroxylation sites is 1. The number of nitrogens with zero attached hydrogens (tertiary/aromatic N) is 2. The molecule has 3 aromatic rings. The van der Waals surface area contributed by atoms with Crippen LogP contribution in [0.4, 0.5) is 5.69 Å². The Balaban J connectivity index is 1.26. The SMILES string of the molecule is O=C(Nc1ccc(-c2ccncc2)cc1)[C@H]1CCCN1Cc1cccc2c1OCO2. The number of carbonyl (C=O) groups excluding carboxylic acids is 1. The average Bonchev–Trinajstić information content (AvgIpc) is 3.45. The van der Waals surface area contributed by atoms with Gasteiger partial charge in [0.2, 0.25) is 12.7 Å². The fourth-order valence-electron chi connectivity index (χ4n) is 4.16. The Kier molecular flexibility index (Phi) is 5.07. The number of aromatic nitrogens is 1. The van der Waals surface area contributed by atoms with Crippen molar-refractivity contribution in [2.24, 2.45) is 0 Å². The molecule has 1 amide bonds. The molecule has 3 heterocycles. The number of anilines is 1. The van der Waals surface area contributed by atoms with Gasteiger partial charge in [-0.15, -0.1) is 0 Å². The molecule has 0 spiro atoms. The first-order valence-corrected chi connectivity index (χ1v) is 10.2. The number of hydrogen-bond acceptors (Lipinski definition) is 5. The number of hydrogen-bond donors (Lipinski definition) is 1. The Morgan fingerprint density at radius 3 is 2.67 bits per heavy atom. The molecule has 2 aliphatic heterocycles. The van der Waals surface area contributed by atoms with E-state index in [1.54, 1.807) is 12.4 Å². The van der Waals surface area contributed by atoms with Gasteiger partial charge in [0.25, 0.3) is 0 Å². The lowest BCUT2D eigenvalue weighted by molar-refractivity contribution is -0.120. The number of ether oxygens (including phenoxy) is 2. The summed E-state index contributed by atoms with van der Waals surface area (Å²) in [6.45, 7) is 1.82. The second-order valence-corrected chi connectivity index (χ2v) is 7.58. The van der Waals surface area contributed by atoms with Gasteiger partial charge in [-0.25, -0.2) is 0 Å². The van der Waals surface area contributed by atoms with Crippen LogP contribution in [0.5, 0.6) is 11.5 Å². The molecular weight excluding hydrogens is 378 g/mol. The van der Waals surface area contributed by atoms with Gasteiger partial charge in [-0.1, -0.05) is 24.3 Å². The normalized spacial score (nSPS) is 17.8. The lowest BCUT2D eigenvalue weighted by atomic mass is 10.1. The quantitative estimate of drug-likeness (QED) is 0.698. The maximum atomic E-state index is 13.0. The molecule has 1 atom stereocenters. The van der Waals surface area contributed by atoms with Gasteiger partial charge >= 0.3 is 0 Å². The standard InChI is InChI=1S/C24H23N3O3/c28-24(26-20-8-6-17(7-9-20)18-10-12-25-13-11-18)21-4-2-14-27(21)15-19-3-1-5-22-23(19)30-16-29-22/h1,3,5-13,21H,2,4,14-16H2,(H,26,28)/t21-/m1/s1. The van der Waals surface area contributed by atoms with Crippen molar-refractivity contribution in [2.75, 3.05) is 18.7 Å². The Labute approximate surface area is 175 Å². The van der Waals surface area contributed by atoms with Crippen LogP contribution in [0, 0.1) is 0 Å². The number of likely N-dealkylation sites (tertiary alicyclic amines) is 1. The van der Waals surface area contributed by atoms with Gasteiger partial charge in [-0.3, -0.25) is 14.7 Å². The van der Waals surface area contributed by atoms with Crippen molar-refractivity contribution in [3.05, 3.63) is 72.6 Å². The molecule has 152 valence electrons. The Bertz CT molecular complexity index is 1040. The third-order valence-electron chi connectivity index (χ3n) is 5.68. The summed E-state index contributed by atoms with van der Waals surface area (Å²) in [5, 5.41) is 3.08.